The highest BCUT2D eigenvalue weighted by atomic mass is 28.3. The number of rotatable bonds is 5. The van der Waals surface area contributed by atoms with Crippen LogP contribution in [-0.2, 0) is 9.59 Å². The summed E-state index contributed by atoms with van der Waals surface area (Å²) < 4.78 is 5.70. The van der Waals surface area contributed by atoms with E-state index in [0.29, 0.717) is 37.4 Å². The van der Waals surface area contributed by atoms with Crippen molar-refractivity contribution >= 4 is 31.6 Å². The van der Waals surface area contributed by atoms with Gasteiger partial charge in [0.1, 0.15) is 20.4 Å². The molecule has 0 saturated carbocycles. The first kappa shape index (κ1) is 24.5. The van der Waals surface area contributed by atoms with Gasteiger partial charge in [0.05, 0.1) is 5.69 Å². The van der Waals surface area contributed by atoms with Gasteiger partial charge in [0, 0.05) is 24.7 Å². The van der Waals surface area contributed by atoms with Gasteiger partial charge in [0.2, 0.25) is 0 Å². The number of carbonyl (C=O) groups excluding carboxylic acids is 3. The van der Waals surface area contributed by atoms with Crippen LogP contribution in [0.3, 0.4) is 0 Å². The quantitative estimate of drug-likeness (QED) is 0.364. The van der Waals surface area contributed by atoms with Gasteiger partial charge in [0.15, 0.2) is 6.61 Å². The van der Waals surface area contributed by atoms with E-state index in [1.54, 1.807) is 21.9 Å². The number of nitrogens with zero attached hydrogens (tertiary/aromatic N) is 3. The van der Waals surface area contributed by atoms with E-state index in [-0.39, 0.29) is 37.0 Å². The number of ether oxygens (including phenoxy) is 1. The number of anilines is 1. The van der Waals surface area contributed by atoms with E-state index in [0.717, 1.165) is 5.56 Å². The Hall–Kier alpha value is -3.57. The molecular weight excluding hydrogens is 458 g/mol. The molecule has 2 saturated heterocycles. The van der Waals surface area contributed by atoms with Crippen LogP contribution in [0.2, 0.25) is 19.6 Å². The van der Waals surface area contributed by atoms with Crippen LogP contribution in [-0.4, -0.2) is 68.0 Å². The highest BCUT2D eigenvalue weighted by Gasteiger charge is 2.41. The number of carbonyl (C=O) groups is 3. The molecule has 2 aliphatic heterocycles. The standard InChI is InChI=1S/C27H31N3O4Si/c1-35(2,3)18-15-21-9-11-24(12-10-21)34-20-26(32)28-16-13-22(14-17-28)29-19-25(31)30(27(29)33)23-7-5-4-6-8-23/h4-12,22H,13-14,16-17,19-20H2,1-3H3. The maximum Gasteiger partial charge on any atom is 0.332 e. The van der Waals surface area contributed by atoms with Crippen molar-refractivity contribution in [3.05, 3.63) is 60.2 Å². The van der Waals surface area contributed by atoms with Gasteiger partial charge in [-0.25, -0.2) is 9.69 Å². The second-order valence-corrected chi connectivity index (χ2v) is 14.7. The smallest absolute Gasteiger partial charge is 0.332 e. The normalized spacial score (nSPS) is 16.8. The van der Waals surface area contributed by atoms with E-state index in [2.05, 4.69) is 31.1 Å². The summed E-state index contributed by atoms with van der Waals surface area (Å²) in [6, 6.07) is 16.1. The fraction of sp³-hybridized carbons (Fsp3) is 0.370. The predicted octanol–water partition coefficient (Wildman–Crippen LogP) is 3.75. The lowest BCUT2D eigenvalue weighted by Crippen LogP contribution is -2.49. The van der Waals surface area contributed by atoms with Gasteiger partial charge in [0.25, 0.3) is 11.8 Å². The average molecular weight is 490 g/mol. The Morgan fingerprint density at radius 1 is 1.00 bits per heavy atom. The van der Waals surface area contributed by atoms with Crippen LogP contribution in [0.1, 0.15) is 18.4 Å². The topological polar surface area (TPSA) is 70.2 Å². The minimum absolute atomic E-state index is 0.0342. The third kappa shape index (κ3) is 6.11. The number of hydrogen-bond acceptors (Lipinski definition) is 4. The monoisotopic (exact) mass is 489 g/mol. The Bertz CT molecular complexity index is 1140. The highest BCUT2D eigenvalue weighted by Crippen LogP contribution is 2.26. The van der Waals surface area contributed by atoms with Crippen LogP contribution in [0.15, 0.2) is 54.6 Å². The molecule has 2 aromatic rings. The maximum absolute atomic E-state index is 12.9. The van der Waals surface area contributed by atoms with Crippen molar-refractivity contribution in [3.63, 3.8) is 0 Å². The third-order valence-electron chi connectivity index (χ3n) is 6.06. The van der Waals surface area contributed by atoms with Crippen molar-refractivity contribution in [3.8, 4) is 17.2 Å². The number of urea groups is 1. The van der Waals surface area contributed by atoms with Crippen LogP contribution in [0, 0.1) is 11.5 Å². The van der Waals surface area contributed by atoms with Crippen molar-refractivity contribution in [2.24, 2.45) is 0 Å². The zero-order valence-electron chi connectivity index (χ0n) is 20.5. The summed E-state index contributed by atoms with van der Waals surface area (Å²) in [7, 11) is -1.43. The molecular formula is C27H31N3O4Si. The van der Waals surface area contributed by atoms with Gasteiger partial charge < -0.3 is 14.5 Å². The van der Waals surface area contributed by atoms with E-state index in [9.17, 15) is 14.4 Å². The van der Waals surface area contributed by atoms with Gasteiger partial charge in [-0.1, -0.05) is 43.8 Å². The minimum Gasteiger partial charge on any atom is -0.484 e. The van der Waals surface area contributed by atoms with Crippen LogP contribution in [0.4, 0.5) is 10.5 Å². The molecule has 182 valence electrons. The number of para-hydroxylation sites is 1. The molecule has 0 spiro atoms. The molecule has 0 radical (unpaired) electrons. The predicted molar refractivity (Wildman–Crippen MR) is 138 cm³/mol. The molecule has 4 amide bonds. The van der Waals surface area contributed by atoms with E-state index in [4.69, 9.17) is 4.74 Å². The molecule has 7 nitrogen and oxygen atoms in total. The first-order valence-electron chi connectivity index (χ1n) is 11.9. The lowest BCUT2D eigenvalue weighted by Gasteiger charge is -2.36. The molecule has 0 atom stereocenters. The number of amides is 4. The number of benzene rings is 2. The van der Waals surface area contributed by atoms with Crippen molar-refractivity contribution in [1.82, 2.24) is 9.80 Å². The molecule has 0 aromatic heterocycles. The van der Waals surface area contributed by atoms with Crippen LogP contribution >= 0.6 is 0 Å². The summed E-state index contributed by atoms with van der Waals surface area (Å²) >= 11 is 0. The largest absolute Gasteiger partial charge is 0.484 e. The number of imide groups is 1. The van der Waals surface area contributed by atoms with Gasteiger partial charge in [-0.15, -0.1) is 5.54 Å². The van der Waals surface area contributed by atoms with Gasteiger partial charge in [-0.3, -0.25) is 9.59 Å². The summed E-state index contributed by atoms with van der Waals surface area (Å²) in [6.07, 6.45) is 1.27. The molecule has 0 bridgehead atoms. The zero-order chi connectivity index (χ0) is 25.0. The SMILES string of the molecule is C[Si](C)(C)C#Cc1ccc(OCC(=O)N2CCC(N3CC(=O)N(c4ccccc4)C3=O)CC2)cc1. The van der Waals surface area contributed by atoms with E-state index >= 15 is 0 Å². The van der Waals surface area contributed by atoms with Crippen molar-refractivity contribution in [2.75, 3.05) is 31.1 Å². The highest BCUT2D eigenvalue weighted by molar-refractivity contribution is 6.83. The number of piperidine rings is 1. The average Bonchev–Trinajstić information content (AvgIpc) is 3.15. The van der Waals surface area contributed by atoms with Crippen LogP contribution in [0.5, 0.6) is 5.75 Å². The molecule has 0 unspecified atom stereocenters. The van der Waals surface area contributed by atoms with Crippen molar-refractivity contribution < 1.29 is 19.1 Å². The van der Waals surface area contributed by atoms with E-state index < -0.39 is 8.07 Å². The van der Waals surface area contributed by atoms with E-state index in [1.165, 1.54) is 4.90 Å². The maximum atomic E-state index is 12.9. The Kier molecular flexibility index (Phi) is 7.27. The summed E-state index contributed by atoms with van der Waals surface area (Å²) in [5.41, 5.74) is 4.86. The fourth-order valence-electron chi connectivity index (χ4n) is 4.19. The third-order valence-corrected chi connectivity index (χ3v) is 6.94. The summed E-state index contributed by atoms with van der Waals surface area (Å²) in [5.74, 6) is 3.54. The summed E-state index contributed by atoms with van der Waals surface area (Å²) in [6.45, 7) is 7.71. The second kappa shape index (κ2) is 10.4. The summed E-state index contributed by atoms with van der Waals surface area (Å²) in [4.78, 5) is 42.8. The van der Waals surface area contributed by atoms with E-state index in [1.807, 2.05) is 42.5 Å². The Morgan fingerprint density at radius 3 is 2.29 bits per heavy atom. The lowest BCUT2D eigenvalue weighted by molar-refractivity contribution is -0.134. The molecule has 2 aromatic carbocycles. The first-order chi connectivity index (χ1) is 16.7. The molecule has 0 N–H and O–H groups in total. The van der Waals surface area contributed by atoms with Crippen molar-refractivity contribution in [1.29, 1.82) is 0 Å². The first-order valence-corrected chi connectivity index (χ1v) is 15.4. The summed E-state index contributed by atoms with van der Waals surface area (Å²) in [5, 5.41) is 0. The molecule has 4 rings (SSSR count). The van der Waals surface area contributed by atoms with Crippen LogP contribution in [0.25, 0.3) is 0 Å². The number of hydrogen-bond donors (Lipinski definition) is 0. The molecule has 2 aliphatic rings. The molecule has 8 heteroatoms. The Morgan fingerprint density at radius 2 is 1.66 bits per heavy atom. The Labute approximate surface area is 207 Å². The zero-order valence-corrected chi connectivity index (χ0v) is 21.5. The van der Waals surface area contributed by atoms with Gasteiger partial charge in [-0.05, 0) is 49.2 Å². The lowest BCUT2D eigenvalue weighted by atomic mass is 10.0. The molecule has 2 heterocycles. The fourth-order valence-corrected chi connectivity index (χ4v) is 4.71. The van der Waals surface area contributed by atoms with Crippen LogP contribution < -0.4 is 9.64 Å². The second-order valence-electron chi connectivity index (χ2n) is 9.90. The molecule has 35 heavy (non-hydrogen) atoms. The molecule has 2 fully saturated rings. The van der Waals surface area contributed by atoms with Gasteiger partial charge >= 0.3 is 6.03 Å². The molecule has 0 aliphatic carbocycles. The number of likely N-dealkylation sites (tertiary alicyclic amines) is 1. The van der Waals surface area contributed by atoms with Crippen molar-refractivity contribution in [2.45, 2.75) is 38.5 Å². The minimum atomic E-state index is -1.43. The van der Waals surface area contributed by atoms with Gasteiger partial charge in [-0.2, -0.15) is 0 Å². The Balaban J connectivity index is 1.26.